The summed E-state index contributed by atoms with van der Waals surface area (Å²) in [4.78, 5) is 0. The molecule has 0 aliphatic heterocycles. The summed E-state index contributed by atoms with van der Waals surface area (Å²) in [5, 5.41) is 4.88. The van der Waals surface area contributed by atoms with Crippen molar-refractivity contribution in [1.82, 2.24) is 9.13 Å². The highest BCUT2D eigenvalue weighted by Gasteiger charge is 2.16. The Balaban J connectivity index is 1.54. The standard InChI is InChI=1S/C30H16Br4N2/c31-17-4-8-27-23(12-17)24-13-18(32)5-9-28(24)35(27)21-2-1-3-22(16-21)36-29-10-6-19(33)14-25(29)26-15-20(34)7-11-30(26)36/h1-16H. The van der Waals surface area contributed by atoms with Crippen molar-refractivity contribution in [1.29, 1.82) is 0 Å². The summed E-state index contributed by atoms with van der Waals surface area (Å²) in [7, 11) is 0. The molecule has 0 N–H and O–H groups in total. The lowest BCUT2D eigenvalue weighted by atomic mass is 10.2. The first kappa shape index (κ1) is 22.8. The molecule has 174 valence electrons. The molecular formula is C30H16Br4N2. The smallest absolute Gasteiger partial charge is 0.0541 e. The van der Waals surface area contributed by atoms with Crippen molar-refractivity contribution in [3.8, 4) is 11.4 Å². The Labute approximate surface area is 241 Å². The van der Waals surface area contributed by atoms with E-state index in [2.05, 4.69) is 170 Å². The first-order valence-corrected chi connectivity index (χ1v) is 14.5. The minimum absolute atomic E-state index is 1.07. The van der Waals surface area contributed by atoms with Crippen LogP contribution in [-0.4, -0.2) is 9.13 Å². The molecule has 0 spiro atoms. The van der Waals surface area contributed by atoms with Gasteiger partial charge in [0.2, 0.25) is 0 Å². The lowest BCUT2D eigenvalue weighted by molar-refractivity contribution is 1.13. The third-order valence-electron chi connectivity index (χ3n) is 6.72. The van der Waals surface area contributed by atoms with Crippen molar-refractivity contribution in [3.63, 3.8) is 0 Å². The van der Waals surface area contributed by atoms with Gasteiger partial charge in [-0.05, 0) is 91.0 Å². The predicted molar refractivity (Wildman–Crippen MR) is 166 cm³/mol. The average Bonchev–Trinajstić information content (AvgIpc) is 3.35. The normalized spacial score (nSPS) is 11.9. The van der Waals surface area contributed by atoms with Crippen molar-refractivity contribution >= 4 is 107 Å². The number of halogens is 4. The summed E-state index contributed by atoms with van der Waals surface area (Å²) in [5.74, 6) is 0. The number of fused-ring (bicyclic) bond motifs is 6. The first-order chi connectivity index (χ1) is 17.5. The Morgan fingerprint density at radius 2 is 0.667 bits per heavy atom. The Kier molecular flexibility index (Phi) is 5.44. The van der Waals surface area contributed by atoms with E-state index in [4.69, 9.17) is 0 Å². The number of hydrogen-bond acceptors (Lipinski definition) is 0. The Bertz CT molecular complexity index is 1740. The molecular weight excluding hydrogens is 708 g/mol. The van der Waals surface area contributed by atoms with Crippen molar-refractivity contribution in [2.24, 2.45) is 0 Å². The molecule has 0 aliphatic carbocycles. The molecule has 0 fully saturated rings. The van der Waals surface area contributed by atoms with Gasteiger partial charge in [-0.3, -0.25) is 0 Å². The van der Waals surface area contributed by atoms with Crippen LogP contribution in [0.4, 0.5) is 0 Å². The fourth-order valence-corrected chi connectivity index (χ4v) is 6.71. The van der Waals surface area contributed by atoms with Crippen LogP contribution >= 0.6 is 63.7 Å². The van der Waals surface area contributed by atoms with Gasteiger partial charge in [-0.15, -0.1) is 0 Å². The summed E-state index contributed by atoms with van der Waals surface area (Å²) < 4.78 is 9.01. The number of benzene rings is 5. The maximum Gasteiger partial charge on any atom is 0.0541 e. The summed E-state index contributed by atoms with van der Waals surface area (Å²) in [6, 6.07) is 34.8. The van der Waals surface area contributed by atoms with Crippen LogP contribution in [0.2, 0.25) is 0 Å². The minimum Gasteiger partial charge on any atom is -0.309 e. The molecule has 2 nitrogen and oxygen atoms in total. The molecule has 7 rings (SSSR count). The first-order valence-electron chi connectivity index (χ1n) is 11.4. The van der Waals surface area contributed by atoms with Crippen molar-refractivity contribution in [2.75, 3.05) is 0 Å². The van der Waals surface area contributed by atoms with Crippen molar-refractivity contribution < 1.29 is 0 Å². The number of nitrogens with zero attached hydrogens (tertiary/aromatic N) is 2. The summed E-state index contributed by atoms with van der Waals surface area (Å²) in [5.41, 5.74) is 6.97. The van der Waals surface area contributed by atoms with Gasteiger partial charge in [-0.1, -0.05) is 69.8 Å². The monoisotopic (exact) mass is 720 g/mol. The van der Waals surface area contributed by atoms with E-state index in [1.54, 1.807) is 0 Å². The third kappa shape index (κ3) is 3.53. The molecule has 0 radical (unpaired) electrons. The fraction of sp³-hybridized carbons (Fsp3) is 0. The van der Waals surface area contributed by atoms with Gasteiger partial charge >= 0.3 is 0 Å². The topological polar surface area (TPSA) is 9.86 Å². The molecule has 5 aromatic carbocycles. The largest absolute Gasteiger partial charge is 0.309 e. The molecule has 2 heterocycles. The van der Waals surface area contributed by atoms with Crippen LogP contribution in [0.25, 0.3) is 55.0 Å². The minimum atomic E-state index is 1.07. The van der Waals surface area contributed by atoms with Gasteiger partial charge in [-0.2, -0.15) is 0 Å². The maximum absolute atomic E-state index is 3.66. The SMILES string of the molecule is Brc1ccc2c(c1)c1cc(Br)ccc1n2-c1cccc(-n2c3ccc(Br)cc3c3cc(Br)ccc32)c1. The molecule has 2 aromatic heterocycles. The maximum atomic E-state index is 3.66. The molecule has 0 bridgehead atoms. The van der Waals surface area contributed by atoms with E-state index < -0.39 is 0 Å². The van der Waals surface area contributed by atoms with E-state index >= 15 is 0 Å². The zero-order chi connectivity index (χ0) is 24.6. The molecule has 0 aliphatic rings. The Morgan fingerprint density at radius 3 is 0.972 bits per heavy atom. The van der Waals surface area contributed by atoms with E-state index in [0.717, 1.165) is 29.3 Å². The van der Waals surface area contributed by atoms with Crippen LogP contribution in [0.3, 0.4) is 0 Å². The highest BCUT2D eigenvalue weighted by Crippen LogP contribution is 2.38. The van der Waals surface area contributed by atoms with Gasteiger partial charge in [0, 0.05) is 50.8 Å². The van der Waals surface area contributed by atoms with Crippen LogP contribution in [-0.2, 0) is 0 Å². The molecule has 7 aromatic rings. The van der Waals surface area contributed by atoms with Crippen LogP contribution in [0.1, 0.15) is 0 Å². The van der Waals surface area contributed by atoms with Gasteiger partial charge < -0.3 is 9.13 Å². The summed E-state index contributed by atoms with van der Waals surface area (Å²) >= 11 is 14.7. The van der Waals surface area contributed by atoms with Gasteiger partial charge in [0.25, 0.3) is 0 Å². The predicted octanol–water partition coefficient (Wildman–Crippen LogP) is 10.9. The zero-order valence-corrected chi connectivity index (χ0v) is 25.0. The second kappa shape index (κ2) is 8.59. The second-order valence-corrected chi connectivity index (χ2v) is 12.5. The van der Waals surface area contributed by atoms with Crippen LogP contribution in [0.5, 0.6) is 0 Å². The Hall–Kier alpha value is -2.38. The molecule has 36 heavy (non-hydrogen) atoms. The Morgan fingerprint density at radius 1 is 0.361 bits per heavy atom. The second-order valence-electron chi connectivity index (χ2n) is 8.84. The molecule has 0 saturated carbocycles. The quantitative estimate of drug-likeness (QED) is 0.168. The lowest BCUT2D eigenvalue weighted by Gasteiger charge is -2.13. The van der Waals surface area contributed by atoms with Crippen molar-refractivity contribution in [2.45, 2.75) is 0 Å². The van der Waals surface area contributed by atoms with Gasteiger partial charge in [0.15, 0.2) is 0 Å². The highest BCUT2D eigenvalue weighted by molar-refractivity contribution is 9.11. The number of aromatic nitrogens is 2. The molecule has 6 heteroatoms. The van der Waals surface area contributed by atoms with Crippen molar-refractivity contribution in [3.05, 3.63) is 115 Å². The highest BCUT2D eigenvalue weighted by atomic mass is 79.9. The van der Waals surface area contributed by atoms with E-state index in [1.165, 1.54) is 43.6 Å². The fourth-order valence-electron chi connectivity index (χ4n) is 5.26. The molecule has 0 unspecified atom stereocenters. The zero-order valence-electron chi connectivity index (χ0n) is 18.6. The third-order valence-corrected chi connectivity index (χ3v) is 8.70. The molecule has 0 atom stereocenters. The summed E-state index contributed by atoms with van der Waals surface area (Å²) in [6.07, 6.45) is 0. The lowest BCUT2D eigenvalue weighted by Crippen LogP contribution is -1.98. The van der Waals surface area contributed by atoms with Gasteiger partial charge in [0.05, 0.1) is 22.1 Å². The molecule has 0 saturated heterocycles. The van der Waals surface area contributed by atoms with Crippen LogP contribution < -0.4 is 0 Å². The number of rotatable bonds is 2. The van der Waals surface area contributed by atoms with E-state index in [1.807, 2.05) is 0 Å². The van der Waals surface area contributed by atoms with Gasteiger partial charge in [0.1, 0.15) is 0 Å². The van der Waals surface area contributed by atoms with E-state index in [-0.39, 0.29) is 0 Å². The van der Waals surface area contributed by atoms with Crippen LogP contribution in [0.15, 0.2) is 115 Å². The van der Waals surface area contributed by atoms with Crippen LogP contribution in [0, 0.1) is 0 Å². The molecule has 0 amide bonds. The summed E-state index contributed by atoms with van der Waals surface area (Å²) in [6.45, 7) is 0. The van der Waals surface area contributed by atoms with Gasteiger partial charge in [-0.25, -0.2) is 0 Å². The average molecular weight is 724 g/mol. The van der Waals surface area contributed by atoms with E-state index in [0.29, 0.717) is 0 Å². The van der Waals surface area contributed by atoms with E-state index in [9.17, 15) is 0 Å². The number of hydrogen-bond donors (Lipinski definition) is 0.